The fourth-order valence-electron chi connectivity index (χ4n) is 2.63. The number of rotatable bonds is 7. The Morgan fingerprint density at radius 2 is 2.06 bits per heavy atom. The molecule has 1 amide bonds. The van der Waals surface area contributed by atoms with Gasteiger partial charge in [-0.25, -0.2) is 14.4 Å². The Hall–Kier alpha value is -3.77. The molecule has 0 radical (unpaired) electrons. The quantitative estimate of drug-likeness (QED) is 0.238. The highest BCUT2D eigenvalue weighted by atomic mass is 35.5. The molecule has 32 heavy (non-hydrogen) atoms. The molecular formula is C19H14ClFN8O2S. The summed E-state index contributed by atoms with van der Waals surface area (Å²) in [5.41, 5.74) is 8.48. The first-order valence-corrected chi connectivity index (χ1v) is 10.4. The van der Waals surface area contributed by atoms with Gasteiger partial charge in [0.05, 0.1) is 16.9 Å². The SMILES string of the molecule is Nc1nonc1-n1nnc(C(=O)N/N=C\c2c(F)cccc2Cl)c1CSc1ccccc1. The summed E-state index contributed by atoms with van der Waals surface area (Å²) in [6.07, 6.45) is 1.11. The molecule has 0 aliphatic carbocycles. The summed E-state index contributed by atoms with van der Waals surface area (Å²) in [4.78, 5) is 13.7. The van der Waals surface area contributed by atoms with Crippen LogP contribution in [0.25, 0.3) is 5.82 Å². The lowest BCUT2D eigenvalue weighted by Crippen LogP contribution is -2.20. The van der Waals surface area contributed by atoms with Gasteiger partial charge >= 0.3 is 0 Å². The molecule has 0 bridgehead atoms. The molecule has 4 aromatic rings. The van der Waals surface area contributed by atoms with Gasteiger partial charge in [-0.05, 0) is 34.6 Å². The van der Waals surface area contributed by atoms with Crippen LogP contribution in [0.1, 0.15) is 21.7 Å². The Bertz CT molecular complexity index is 1260. The third-order valence-electron chi connectivity index (χ3n) is 4.15. The molecule has 13 heteroatoms. The Balaban J connectivity index is 1.59. The molecular weight excluding hydrogens is 459 g/mol. The molecule has 0 aliphatic rings. The van der Waals surface area contributed by atoms with Crippen molar-refractivity contribution in [2.24, 2.45) is 5.10 Å². The van der Waals surface area contributed by atoms with E-state index >= 15 is 0 Å². The summed E-state index contributed by atoms with van der Waals surface area (Å²) in [5, 5.41) is 19.1. The fourth-order valence-corrected chi connectivity index (χ4v) is 3.75. The van der Waals surface area contributed by atoms with Crippen LogP contribution in [-0.2, 0) is 5.75 Å². The lowest BCUT2D eigenvalue weighted by molar-refractivity contribution is 0.0949. The molecule has 0 saturated heterocycles. The summed E-state index contributed by atoms with van der Waals surface area (Å²) in [6.45, 7) is 0. The van der Waals surface area contributed by atoms with Gasteiger partial charge in [-0.1, -0.05) is 41.1 Å². The maximum absolute atomic E-state index is 13.9. The van der Waals surface area contributed by atoms with Crippen molar-refractivity contribution in [2.45, 2.75) is 10.6 Å². The van der Waals surface area contributed by atoms with E-state index < -0.39 is 11.7 Å². The largest absolute Gasteiger partial charge is 0.378 e. The molecule has 2 heterocycles. The first-order chi connectivity index (χ1) is 15.5. The van der Waals surface area contributed by atoms with Gasteiger partial charge in [0, 0.05) is 16.2 Å². The second-order valence-electron chi connectivity index (χ2n) is 6.21. The molecule has 162 valence electrons. The van der Waals surface area contributed by atoms with Crippen molar-refractivity contribution >= 4 is 41.3 Å². The number of thioether (sulfide) groups is 1. The van der Waals surface area contributed by atoms with Crippen molar-refractivity contribution in [1.82, 2.24) is 30.7 Å². The molecule has 2 aromatic carbocycles. The lowest BCUT2D eigenvalue weighted by atomic mass is 10.2. The zero-order valence-corrected chi connectivity index (χ0v) is 17.7. The topological polar surface area (TPSA) is 137 Å². The molecule has 4 rings (SSSR count). The second kappa shape index (κ2) is 9.58. The van der Waals surface area contributed by atoms with Crippen LogP contribution in [0.15, 0.2) is 63.2 Å². The van der Waals surface area contributed by atoms with Gasteiger partial charge in [-0.15, -0.1) is 16.9 Å². The standard InChI is InChI=1S/C19H14ClFN8O2S/c20-13-7-4-8-14(21)12(13)9-23-25-19(30)16-15(10-32-11-5-2-1-3-6-11)29(28-24-16)18-17(22)26-31-27-18/h1-9H,10H2,(H2,22,26)(H,25,30)/b23-9-. The number of carbonyl (C=O) groups excluding carboxylic acids is 1. The highest BCUT2D eigenvalue weighted by molar-refractivity contribution is 7.98. The van der Waals surface area contributed by atoms with E-state index in [9.17, 15) is 9.18 Å². The summed E-state index contributed by atoms with van der Waals surface area (Å²) in [6, 6.07) is 13.7. The van der Waals surface area contributed by atoms with Crippen molar-refractivity contribution < 1.29 is 13.8 Å². The van der Waals surface area contributed by atoms with Crippen LogP contribution in [0.3, 0.4) is 0 Å². The van der Waals surface area contributed by atoms with E-state index in [2.05, 4.69) is 35.8 Å². The van der Waals surface area contributed by atoms with Gasteiger partial charge in [0.2, 0.25) is 11.6 Å². The number of hydrazone groups is 1. The lowest BCUT2D eigenvalue weighted by Gasteiger charge is -2.06. The monoisotopic (exact) mass is 472 g/mol. The third kappa shape index (κ3) is 4.60. The average molecular weight is 473 g/mol. The number of halogens is 2. The van der Waals surface area contributed by atoms with Crippen LogP contribution in [0.2, 0.25) is 5.02 Å². The number of nitrogens with two attached hydrogens (primary N) is 1. The molecule has 0 spiro atoms. The van der Waals surface area contributed by atoms with E-state index in [-0.39, 0.29) is 27.9 Å². The van der Waals surface area contributed by atoms with Gasteiger partial charge in [0.1, 0.15) is 5.82 Å². The number of nitrogen functional groups attached to an aromatic ring is 1. The van der Waals surface area contributed by atoms with Crippen LogP contribution in [-0.4, -0.2) is 37.4 Å². The van der Waals surface area contributed by atoms with Crippen LogP contribution >= 0.6 is 23.4 Å². The number of nitrogens with one attached hydrogen (secondary N) is 1. The van der Waals surface area contributed by atoms with E-state index in [1.54, 1.807) is 0 Å². The molecule has 0 atom stereocenters. The second-order valence-corrected chi connectivity index (χ2v) is 7.66. The Labute approximate surface area is 189 Å². The predicted molar refractivity (Wildman–Crippen MR) is 116 cm³/mol. The number of aromatic nitrogens is 5. The number of anilines is 1. The maximum atomic E-state index is 13.9. The van der Waals surface area contributed by atoms with Gasteiger partial charge in [0.15, 0.2) is 5.69 Å². The van der Waals surface area contributed by atoms with Crippen LogP contribution < -0.4 is 11.2 Å². The fraction of sp³-hybridized carbons (Fsp3) is 0.0526. The van der Waals surface area contributed by atoms with E-state index in [0.29, 0.717) is 11.4 Å². The van der Waals surface area contributed by atoms with E-state index in [1.807, 2.05) is 30.3 Å². The van der Waals surface area contributed by atoms with E-state index in [1.165, 1.54) is 34.6 Å². The van der Waals surface area contributed by atoms with Crippen LogP contribution in [0, 0.1) is 5.82 Å². The minimum Gasteiger partial charge on any atom is -0.378 e. The summed E-state index contributed by atoms with van der Waals surface area (Å²) in [5.74, 6) is -0.856. The van der Waals surface area contributed by atoms with Gasteiger partial charge < -0.3 is 5.73 Å². The van der Waals surface area contributed by atoms with Crippen LogP contribution in [0.4, 0.5) is 10.2 Å². The van der Waals surface area contributed by atoms with Crippen molar-refractivity contribution in [3.05, 3.63) is 76.3 Å². The number of benzene rings is 2. The zero-order valence-electron chi connectivity index (χ0n) is 16.1. The zero-order chi connectivity index (χ0) is 22.5. The van der Waals surface area contributed by atoms with Crippen molar-refractivity contribution in [2.75, 3.05) is 5.73 Å². The summed E-state index contributed by atoms with van der Waals surface area (Å²) < 4.78 is 19.8. The Morgan fingerprint density at radius 3 is 2.78 bits per heavy atom. The molecule has 3 N–H and O–H groups in total. The molecule has 2 aromatic heterocycles. The number of nitrogens with zero attached hydrogens (tertiary/aromatic N) is 6. The highest BCUT2D eigenvalue weighted by Crippen LogP contribution is 2.26. The minimum absolute atomic E-state index is 0.0139. The highest BCUT2D eigenvalue weighted by Gasteiger charge is 2.24. The van der Waals surface area contributed by atoms with Crippen LogP contribution in [0.5, 0.6) is 0 Å². The predicted octanol–water partition coefficient (Wildman–Crippen LogP) is 3.08. The van der Waals surface area contributed by atoms with Gasteiger partial charge in [-0.3, -0.25) is 4.79 Å². The van der Waals surface area contributed by atoms with Gasteiger partial charge in [-0.2, -0.15) is 9.78 Å². The number of hydrogen-bond acceptors (Lipinski definition) is 9. The first-order valence-electron chi connectivity index (χ1n) is 9.03. The molecule has 0 aliphatic heterocycles. The molecule has 0 saturated carbocycles. The Kier molecular flexibility index (Phi) is 6.42. The molecule has 10 nitrogen and oxygen atoms in total. The number of hydrogen-bond donors (Lipinski definition) is 2. The van der Waals surface area contributed by atoms with E-state index in [0.717, 1.165) is 11.1 Å². The molecule has 0 fully saturated rings. The smallest absolute Gasteiger partial charge is 0.293 e. The maximum Gasteiger partial charge on any atom is 0.293 e. The molecule has 0 unspecified atom stereocenters. The Morgan fingerprint density at radius 1 is 1.25 bits per heavy atom. The van der Waals surface area contributed by atoms with Gasteiger partial charge in [0.25, 0.3) is 5.91 Å². The van der Waals surface area contributed by atoms with E-state index in [4.69, 9.17) is 17.3 Å². The first kappa shape index (κ1) is 21.5. The van der Waals surface area contributed by atoms with Crippen molar-refractivity contribution in [1.29, 1.82) is 0 Å². The summed E-state index contributed by atoms with van der Waals surface area (Å²) in [7, 11) is 0. The minimum atomic E-state index is -0.668. The summed E-state index contributed by atoms with van der Waals surface area (Å²) >= 11 is 7.40. The third-order valence-corrected chi connectivity index (χ3v) is 5.51. The van der Waals surface area contributed by atoms with Crippen molar-refractivity contribution in [3.63, 3.8) is 0 Å². The average Bonchev–Trinajstić information content (AvgIpc) is 3.40. The number of carbonyl (C=O) groups is 1. The normalized spacial score (nSPS) is 11.2. The number of amides is 1. The van der Waals surface area contributed by atoms with Crippen molar-refractivity contribution in [3.8, 4) is 5.82 Å².